The third-order valence-electron chi connectivity index (χ3n) is 3.37. The molecule has 2 rings (SSSR count). The Bertz CT molecular complexity index is 586. The molecule has 0 saturated carbocycles. The lowest BCUT2D eigenvalue weighted by molar-refractivity contribution is -0.137. The van der Waals surface area contributed by atoms with Crippen LogP contribution in [0.25, 0.3) is 0 Å². The lowest BCUT2D eigenvalue weighted by Crippen LogP contribution is -2.34. The van der Waals surface area contributed by atoms with Crippen LogP contribution in [-0.4, -0.2) is 41.5 Å². The fourth-order valence-electron chi connectivity index (χ4n) is 2.28. The lowest BCUT2D eigenvalue weighted by Gasteiger charge is -2.27. The number of rotatable bonds is 2. The van der Waals surface area contributed by atoms with Gasteiger partial charge in [0.15, 0.2) is 9.84 Å². The second kappa shape index (κ2) is 5.68. The Balaban J connectivity index is 2.34. The first-order valence-corrected chi connectivity index (χ1v) is 8.94. The Morgan fingerprint density at radius 3 is 2.60 bits per heavy atom. The van der Waals surface area contributed by atoms with Gasteiger partial charge in [-0.05, 0) is 36.0 Å². The SMILES string of the molecule is O=S(=O)(c1cccc(C(F)(F)F)c1)C1CCO[CH]([AlH2])C1. The molecule has 0 aliphatic carbocycles. The van der Waals surface area contributed by atoms with Gasteiger partial charge in [-0.15, -0.1) is 0 Å². The standard InChI is InChI=1S/C12H12F3O3S.Al.2H/c13-12(14,15)9-2-1-3-11(8-9)19(16,17)10-4-6-18-7-5-10;;;/h1-3,6,8,10H,4-5,7H2;;;. The smallest absolute Gasteiger partial charge is 0.394 e. The highest BCUT2D eigenvalue weighted by Crippen LogP contribution is 2.32. The van der Waals surface area contributed by atoms with Crippen LogP contribution in [0.5, 0.6) is 0 Å². The number of hydrogen-bond donors (Lipinski definition) is 0. The van der Waals surface area contributed by atoms with E-state index in [0.29, 0.717) is 41.8 Å². The third kappa shape index (κ3) is 3.37. The maximum atomic E-state index is 12.7. The number of halogens is 3. The summed E-state index contributed by atoms with van der Waals surface area (Å²) in [5, 5.41) is -0.651. The summed E-state index contributed by atoms with van der Waals surface area (Å²) < 4.78 is 68.1. The predicted octanol–water partition coefficient (Wildman–Crippen LogP) is 1.62. The van der Waals surface area contributed by atoms with Crippen LogP contribution in [0.3, 0.4) is 0 Å². The van der Waals surface area contributed by atoms with Crippen molar-refractivity contribution in [1.29, 1.82) is 0 Å². The Morgan fingerprint density at radius 1 is 1.30 bits per heavy atom. The van der Waals surface area contributed by atoms with Crippen molar-refractivity contribution in [3.63, 3.8) is 0 Å². The van der Waals surface area contributed by atoms with Gasteiger partial charge in [-0.2, -0.15) is 13.2 Å². The van der Waals surface area contributed by atoms with E-state index < -0.39 is 26.8 Å². The number of ether oxygens (including phenoxy) is 1. The van der Waals surface area contributed by atoms with Gasteiger partial charge in [-0.3, -0.25) is 0 Å². The minimum Gasteiger partial charge on any atom is -0.394 e. The molecule has 0 bridgehead atoms. The minimum absolute atomic E-state index is 0.0608. The van der Waals surface area contributed by atoms with E-state index in [1.807, 2.05) is 0 Å². The van der Waals surface area contributed by atoms with Crippen LogP contribution in [0.1, 0.15) is 18.4 Å². The summed E-state index contributed by atoms with van der Waals surface area (Å²) in [5.74, 6) is 0. The van der Waals surface area contributed by atoms with Crippen molar-refractivity contribution in [2.45, 2.75) is 34.1 Å². The quantitative estimate of drug-likeness (QED) is 0.777. The number of alkyl halides is 3. The zero-order valence-electron chi connectivity index (χ0n) is 10.9. The molecule has 8 heteroatoms. The molecule has 2 atom stereocenters. The molecular weight excluding hydrogens is 308 g/mol. The Morgan fingerprint density at radius 2 is 2.00 bits per heavy atom. The predicted molar refractivity (Wildman–Crippen MR) is 69.9 cm³/mol. The fraction of sp³-hybridized carbons (Fsp3) is 0.500. The van der Waals surface area contributed by atoms with Crippen LogP contribution in [0.2, 0.25) is 0 Å². The van der Waals surface area contributed by atoms with Crippen molar-refractivity contribution in [2.24, 2.45) is 0 Å². The van der Waals surface area contributed by atoms with Gasteiger partial charge in [0.2, 0.25) is 0 Å². The molecule has 1 aromatic rings. The Hall–Kier alpha value is -0.548. The molecule has 1 aromatic carbocycles. The van der Waals surface area contributed by atoms with Crippen molar-refractivity contribution in [3.05, 3.63) is 29.8 Å². The second-order valence-electron chi connectivity index (χ2n) is 4.90. The first-order chi connectivity index (χ1) is 9.21. The molecule has 3 nitrogen and oxygen atoms in total. The third-order valence-corrected chi connectivity index (χ3v) is 6.39. The number of benzene rings is 1. The zero-order valence-corrected chi connectivity index (χ0v) is 13.7. The van der Waals surface area contributed by atoms with E-state index in [-0.39, 0.29) is 9.86 Å². The van der Waals surface area contributed by atoms with Crippen LogP contribution < -0.4 is 0 Å². The van der Waals surface area contributed by atoms with Crippen molar-refractivity contribution in [3.8, 4) is 0 Å². The van der Waals surface area contributed by atoms with E-state index in [1.54, 1.807) is 0 Å². The van der Waals surface area contributed by atoms with Gasteiger partial charge in [0, 0.05) is 6.61 Å². The molecule has 1 aliphatic heterocycles. The van der Waals surface area contributed by atoms with E-state index in [1.165, 1.54) is 6.07 Å². The van der Waals surface area contributed by atoms with E-state index in [2.05, 4.69) is 0 Å². The van der Waals surface area contributed by atoms with Crippen molar-refractivity contribution in [2.75, 3.05) is 6.61 Å². The molecule has 0 aromatic heterocycles. The summed E-state index contributed by atoms with van der Waals surface area (Å²) in [6, 6.07) is 3.95. The van der Waals surface area contributed by atoms with Gasteiger partial charge in [0.25, 0.3) is 16.3 Å². The average Bonchev–Trinajstić information content (AvgIpc) is 2.38. The maximum Gasteiger partial charge on any atom is 0.416 e. The summed E-state index contributed by atoms with van der Waals surface area (Å²) in [6.07, 6.45) is -3.84. The lowest BCUT2D eigenvalue weighted by atomic mass is 10.2. The topological polar surface area (TPSA) is 43.4 Å². The summed E-state index contributed by atoms with van der Waals surface area (Å²) in [5.41, 5.74) is -0.937. The normalized spacial score (nSPS) is 24.6. The number of hydrogen-bond acceptors (Lipinski definition) is 3. The molecule has 0 amide bonds. The largest absolute Gasteiger partial charge is 0.416 e. The molecule has 0 spiro atoms. The molecule has 110 valence electrons. The van der Waals surface area contributed by atoms with Gasteiger partial charge < -0.3 is 4.74 Å². The molecule has 1 saturated heterocycles. The van der Waals surface area contributed by atoms with Crippen molar-refractivity contribution in [1.82, 2.24) is 0 Å². The molecule has 1 aliphatic rings. The van der Waals surface area contributed by atoms with Crippen LogP contribution in [-0.2, 0) is 20.8 Å². The highest BCUT2D eigenvalue weighted by molar-refractivity contribution is 7.92. The van der Waals surface area contributed by atoms with Crippen molar-refractivity contribution >= 4 is 26.1 Å². The minimum atomic E-state index is -4.54. The molecule has 2 unspecified atom stereocenters. The Labute approximate surface area is 123 Å². The molecule has 1 fully saturated rings. The van der Waals surface area contributed by atoms with Gasteiger partial charge in [-0.1, -0.05) is 6.07 Å². The van der Waals surface area contributed by atoms with Crippen LogP contribution in [0.15, 0.2) is 29.2 Å². The van der Waals surface area contributed by atoms with E-state index in [9.17, 15) is 21.6 Å². The second-order valence-corrected chi connectivity index (χ2v) is 8.41. The highest BCUT2D eigenvalue weighted by atomic mass is 32.2. The summed E-state index contributed by atoms with van der Waals surface area (Å²) >= 11 is 0.709. The molecule has 1 heterocycles. The maximum absolute atomic E-state index is 12.7. The summed E-state index contributed by atoms with van der Waals surface area (Å²) in [7, 11) is -3.74. The van der Waals surface area contributed by atoms with Gasteiger partial charge in [0.05, 0.1) is 15.7 Å². The van der Waals surface area contributed by atoms with Crippen LogP contribution in [0, 0.1) is 0 Å². The Kier molecular flexibility index (Phi) is 4.50. The first-order valence-electron chi connectivity index (χ1n) is 6.24. The molecule has 20 heavy (non-hydrogen) atoms. The summed E-state index contributed by atoms with van der Waals surface area (Å²) in [4.78, 5) is -0.317. The molecular formula is C12H14AlF3O3S. The molecule has 0 N–H and O–H groups in total. The number of sulfone groups is 1. The van der Waals surface area contributed by atoms with E-state index in [0.717, 1.165) is 12.1 Å². The van der Waals surface area contributed by atoms with Crippen LogP contribution in [0.4, 0.5) is 13.2 Å². The van der Waals surface area contributed by atoms with Gasteiger partial charge >= 0.3 is 6.18 Å². The van der Waals surface area contributed by atoms with Crippen molar-refractivity contribution < 1.29 is 26.3 Å². The molecule has 0 radical (unpaired) electrons. The van der Waals surface area contributed by atoms with E-state index >= 15 is 0 Å². The zero-order chi connectivity index (χ0) is 15.0. The monoisotopic (exact) mass is 322 g/mol. The first kappa shape index (κ1) is 15.8. The van der Waals surface area contributed by atoms with Gasteiger partial charge in [0.1, 0.15) is 0 Å². The summed E-state index contributed by atoms with van der Waals surface area (Å²) in [6.45, 7) is 0.344. The van der Waals surface area contributed by atoms with Gasteiger partial charge in [-0.25, -0.2) is 8.42 Å². The van der Waals surface area contributed by atoms with Crippen LogP contribution >= 0.6 is 0 Å². The highest BCUT2D eigenvalue weighted by Gasteiger charge is 2.35. The fourth-order valence-corrected chi connectivity index (χ4v) is 5.30. The van der Waals surface area contributed by atoms with E-state index in [4.69, 9.17) is 4.74 Å². The average molecular weight is 322 g/mol.